The largest absolute Gasteiger partial charge is 0.472 e. The summed E-state index contributed by atoms with van der Waals surface area (Å²) < 4.78 is 68.3. The zero-order valence-corrected chi connectivity index (χ0v) is 62.0. The van der Waals surface area contributed by atoms with Crippen molar-refractivity contribution in [2.45, 2.75) is 382 Å². The molecule has 0 aliphatic heterocycles. The molecule has 3 N–H and O–H groups in total. The molecule has 19 heteroatoms. The summed E-state index contributed by atoms with van der Waals surface area (Å²) in [7, 11) is -9.91. The van der Waals surface area contributed by atoms with Gasteiger partial charge in [-0.15, -0.1) is 0 Å². The van der Waals surface area contributed by atoms with E-state index in [0.717, 1.165) is 108 Å². The van der Waals surface area contributed by atoms with Gasteiger partial charge in [0.25, 0.3) is 0 Å². The van der Waals surface area contributed by atoms with E-state index in [9.17, 15) is 43.2 Å². The molecule has 0 aliphatic carbocycles. The molecular formula is C73H142O17P2. The predicted octanol–water partition coefficient (Wildman–Crippen LogP) is 20.9. The number of phosphoric acid groups is 2. The topological polar surface area (TPSA) is 237 Å². The van der Waals surface area contributed by atoms with Crippen LogP contribution in [0.3, 0.4) is 0 Å². The first kappa shape index (κ1) is 90.1. The van der Waals surface area contributed by atoms with Crippen molar-refractivity contribution in [3.63, 3.8) is 0 Å². The normalized spacial score (nSPS) is 14.5. The SMILES string of the molecule is CCC(C)CCCCCCCCCCCCC(=O)OC[C@H](COP(=O)(O)OCC(O)COP(=O)(O)OC[C@@H](COC(=O)CCCCCCCCC(C)C)OC(=O)CCCCCCCCCCCCCCCCCCC(C)C)OC(=O)CCCCCCCCCC(C)C. The standard InChI is InChI=1S/C73H142O17P2/c1-9-66(8)52-44-36-27-21-18-19-22-28-37-45-53-70(75)83-59-68(90-73(78)56-48-40-30-24-26-34-42-50-64(4)5)61-87-91(79,80)85-57-67(74)58-86-92(81,82)88-62-69(60-84-71(76)54-46-38-32-31-35-43-51-65(6)7)89-72(77)55-47-39-29-23-17-15-13-11-10-12-14-16-20-25-33-41-49-63(2)3/h63-69,74H,9-62H2,1-8H3,(H,79,80)(H,81,82)/t66?,67?,68-,69-/m1/s1. The molecule has 0 aromatic rings. The molecule has 0 fully saturated rings. The van der Waals surface area contributed by atoms with Gasteiger partial charge in [-0.25, -0.2) is 9.13 Å². The molecular weight excluding hydrogens is 1210 g/mol. The molecule has 546 valence electrons. The Morgan fingerprint density at radius 3 is 0.772 bits per heavy atom. The maximum atomic E-state index is 13.0. The van der Waals surface area contributed by atoms with Crippen molar-refractivity contribution in [1.82, 2.24) is 0 Å². The molecule has 0 radical (unpaired) electrons. The minimum atomic E-state index is -4.95. The van der Waals surface area contributed by atoms with Gasteiger partial charge in [0.05, 0.1) is 26.4 Å². The molecule has 0 rings (SSSR count). The average Bonchev–Trinajstić information content (AvgIpc) is 3.45. The lowest BCUT2D eigenvalue weighted by atomic mass is 9.99. The summed E-state index contributed by atoms with van der Waals surface area (Å²) in [5, 5.41) is 10.6. The van der Waals surface area contributed by atoms with Crippen molar-refractivity contribution in [1.29, 1.82) is 0 Å². The van der Waals surface area contributed by atoms with E-state index < -0.39 is 97.5 Å². The van der Waals surface area contributed by atoms with Crippen LogP contribution in [0.2, 0.25) is 0 Å². The van der Waals surface area contributed by atoms with Gasteiger partial charge < -0.3 is 33.8 Å². The summed E-state index contributed by atoms with van der Waals surface area (Å²) >= 11 is 0. The van der Waals surface area contributed by atoms with E-state index >= 15 is 0 Å². The maximum Gasteiger partial charge on any atom is 0.472 e. The number of phosphoric ester groups is 2. The number of aliphatic hydroxyl groups excluding tert-OH is 1. The summed E-state index contributed by atoms with van der Waals surface area (Å²) in [4.78, 5) is 72.6. The smallest absolute Gasteiger partial charge is 0.462 e. The third kappa shape index (κ3) is 65.4. The summed E-state index contributed by atoms with van der Waals surface area (Å²) in [6.07, 6.45) is 46.1. The van der Waals surface area contributed by atoms with Crippen molar-refractivity contribution >= 4 is 39.5 Å². The fourth-order valence-electron chi connectivity index (χ4n) is 11.0. The number of hydrogen-bond donors (Lipinski definition) is 3. The minimum absolute atomic E-state index is 0.103. The molecule has 4 unspecified atom stereocenters. The van der Waals surface area contributed by atoms with Crippen LogP contribution < -0.4 is 0 Å². The van der Waals surface area contributed by atoms with Crippen molar-refractivity contribution in [2.75, 3.05) is 39.6 Å². The second-order valence-corrected chi connectivity index (χ2v) is 30.9. The van der Waals surface area contributed by atoms with Crippen LogP contribution in [0.4, 0.5) is 0 Å². The number of aliphatic hydroxyl groups is 1. The third-order valence-electron chi connectivity index (χ3n) is 17.2. The Labute approximate surface area is 562 Å². The Morgan fingerprint density at radius 1 is 0.304 bits per heavy atom. The maximum absolute atomic E-state index is 13.0. The molecule has 0 spiro atoms. The summed E-state index contributed by atoms with van der Waals surface area (Å²) in [5.74, 6) is 0.865. The first-order valence-electron chi connectivity index (χ1n) is 37.7. The molecule has 0 aromatic heterocycles. The Bertz CT molecular complexity index is 1820. The van der Waals surface area contributed by atoms with Crippen LogP contribution in [-0.2, 0) is 65.4 Å². The highest BCUT2D eigenvalue weighted by Gasteiger charge is 2.30. The summed E-state index contributed by atoms with van der Waals surface area (Å²) in [6.45, 7) is 14.1. The van der Waals surface area contributed by atoms with E-state index in [1.165, 1.54) is 161 Å². The number of carbonyl (C=O) groups is 4. The molecule has 0 bridgehead atoms. The highest BCUT2D eigenvalue weighted by atomic mass is 31.2. The number of rotatable bonds is 70. The number of hydrogen-bond acceptors (Lipinski definition) is 15. The van der Waals surface area contributed by atoms with Crippen molar-refractivity contribution in [2.24, 2.45) is 23.7 Å². The lowest BCUT2D eigenvalue weighted by Crippen LogP contribution is -2.30. The van der Waals surface area contributed by atoms with E-state index in [4.69, 9.17) is 37.0 Å². The molecule has 17 nitrogen and oxygen atoms in total. The van der Waals surface area contributed by atoms with E-state index in [0.29, 0.717) is 37.5 Å². The van der Waals surface area contributed by atoms with Crippen molar-refractivity contribution in [3.05, 3.63) is 0 Å². The number of esters is 4. The second-order valence-electron chi connectivity index (χ2n) is 28.0. The highest BCUT2D eigenvalue weighted by Crippen LogP contribution is 2.45. The molecule has 0 saturated carbocycles. The Balaban J connectivity index is 5.18. The monoisotopic (exact) mass is 1350 g/mol. The number of carbonyl (C=O) groups excluding carboxylic acids is 4. The average molecular weight is 1350 g/mol. The van der Waals surface area contributed by atoms with Gasteiger partial charge in [-0.1, -0.05) is 312 Å². The van der Waals surface area contributed by atoms with Gasteiger partial charge in [0, 0.05) is 25.7 Å². The van der Waals surface area contributed by atoms with Gasteiger partial charge in [0.15, 0.2) is 12.2 Å². The number of ether oxygens (including phenoxy) is 4. The minimum Gasteiger partial charge on any atom is -0.462 e. The zero-order valence-electron chi connectivity index (χ0n) is 60.2. The summed E-state index contributed by atoms with van der Waals surface area (Å²) in [6, 6.07) is 0. The van der Waals surface area contributed by atoms with Gasteiger partial charge in [-0.3, -0.25) is 37.3 Å². The molecule has 0 saturated heterocycles. The first-order chi connectivity index (χ1) is 44.1. The van der Waals surface area contributed by atoms with E-state index in [-0.39, 0.29) is 25.7 Å². The van der Waals surface area contributed by atoms with E-state index in [2.05, 4.69) is 55.4 Å². The Hall–Kier alpha value is -1.94. The zero-order chi connectivity index (χ0) is 68.2. The van der Waals surface area contributed by atoms with Gasteiger partial charge >= 0.3 is 39.5 Å². The third-order valence-corrected chi connectivity index (χ3v) is 19.1. The fraction of sp³-hybridized carbons (Fsp3) is 0.945. The van der Waals surface area contributed by atoms with Crippen LogP contribution in [0.25, 0.3) is 0 Å². The molecule has 0 heterocycles. The van der Waals surface area contributed by atoms with Gasteiger partial charge in [0.2, 0.25) is 0 Å². The van der Waals surface area contributed by atoms with Crippen molar-refractivity contribution < 1.29 is 80.2 Å². The summed E-state index contributed by atoms with van der Waals surface area (Å²) in [5.41, 5.74) is 0. The number of unbranched alkanes of at least 4 members (excludes halogenated alkanes) is 35. The van der Waals surface area contributed by atoms with Gasteiger partial charge in [0.1, 0.15) is 19.3 Å². The van der Waals surface area contributed by atoms with Gasteiger partial charge in [-0.2, -0.15) is 0 Å². The molecule has 6 atom stereocenters. The molecule has 0 aliphatic rings. The van der Waals surface area contributed by atoms with Gasteiger partial charge in [-0.05, 0) is 49.4 Å². The molecule has 92 heavy (non-hydrogen) atoms. The predicted molar refractivity (Wildman–Crippen MR) is 372 cm³/mol. The van der Waals surface area contributed by atoms with E-state index in [1.807, 2.05) is 0 Å². The Morgan fingerprint density at radius 2 is 0.522 bits per heavy atom. The first-order valence-corrected chi connectivity index (χ1v) is 40.7. The van der Waals surface area contributed by atoms with Crippen LogP contribution in [0.1, 0.15) is 364 Å². The van der Waals surface area contributed by atoms with Crippen LogP contribution >= 0.6 is 15.6 Å². The lowest BCUT2D eigenvalue weighted by molar-refractivity contribution is -0.161. The van der Waals surface area contributed by atoms with Crippen molar-refractivity contribution in [3.8, 4) is 0 Å². The van der Waals surface area contributed by atoms with Crippen LogP contribution in [-0.4, -0.2) is 96.7 Å². The van der Waals surface area contributed by atoms with Crippen LogP contribution in [0.15, 0.2) is 0 Å². The molecule has 0 amide bonds. The van der Waals surface area contributed by atoms with Crippen LogP contribution in [0, 0.1) is 23.7 Å². The second kappa shape index (κ2) is 62.6. The Kier molecular flexibility index (Phi) is 61.3. The lowest BCUT2D eigenvalue weighted by Gasteiger charge is -2.21. The highest BCUT2D eigenvalue weighted by molar-refractivity contribution is 7.47. The van der Waals surface area contributed by atoms with E-state index in [1.54, 1.807) is 0 Å². The fourth-order valence-corrected chi connectivity index (χ4v) is 12.6. The quantitative estimate of drug-likeness (QED) is 0.0222. The van der Waals surface area contributed by atoms with Crippen LogP contribution in [0.5, 0.6) is 0 Å². The molecule has 0 aromatic carbocycles.